The molecule has 32 heavy (non-hydrogen) atoms. The third kappa shape index (κ3) is 6.37. The van der Waals surface area contributed by atoms with Crippen molar-refractivity contribution in [2.24, 2.45) is 0 Å². The second-order valence-corrected chi connectivity index (χ2v) is 10.4. The van der Waals surface area contributed by atoms with E-state index in [1.54, 1.807) is 44.2 Å². The summed E-state index contributed by atoms with van der Waals surface area (Å²) in [7, 11) is -2.31. The molecule has 2 rings (SSSR count). The molecular weight excluding hydrogens is 473 g/mol. The highest BCUT2D eigenvalue weighted by atomic mass is 35.5. The Morgan fingerprint density at radius 3 is 2.31 bits per heavy atom. The third-order valence-corrected chi connectivity index (χ3v) is 6.80. The zero-order valence-electron chi connectivity index (χ0n) is 18.6. The number of aryl methyl sites for hydroxylation is 2. The van der Waals surface area contributed by atoms with Crippen LogP contribution in [-0.2, 0) is 26.2 Å². The van der Waals surface area contributed by atoms with Crippen LogP contribution in [0.15, 0.2) is 36.4 Å². The van der Waals surface area contributed by atoms with E-state index in [0.717, 1.165) is 16.1 Å². The lowest BCUT2D eigenvalue weighted by molar-refractivity contribution is -0.139. The van der Waals surface area contributed by atoms with Crippen LogP contribution in [-0.4, -0.2) is 51.0 Å². The van der Waals surface area contributed by atoms with Crippen molar-refractivity contribution in [2.75, 3.05) is 24.2 Å². The molecule has 2 amide bonds. The Morgan fingerprint density at radius 1 is 1.09 bits per heavy atom. The van der Waals surface area contributed by atoms with E-state index in [9.17, 15) is 18.0 Å². The molecule has 0 heterocycles. The molecule has 0 saturated carbocycles. The monoisotopic (exact) mass is 499 g/mol. The van der Waals surface area contributed by atoms with Crippen molar-refractivity contribution < 1.29 is 18.0 Å². The number of hydrogen-bond donors (Lipinski definition) is 1. The molecule has 0 unspecified atom stereocenters. The number of nitrogens with zero attached hydrogens (tertiary/aromatic N) is 2. The summed E-state index contributed by atoms with van der Waals surface area (Å²) >= 11 is 12.2. The third-order valence-electron chi connectivity index (χ3n) is 5.08. The number of amides is 2. The molecule has 0 saturated heterocycles. The summed E-state index contributed by atoms with van der Waals surface area (Å²) in [6.07, 6.45) is 1.05. The molecule has 2 aromatic carbocycles. The Bertz CT molecular complexity index is 1120. The zero-order valence-corrected chi connectivity index (χ0v) is 21.0. The van der Waals surface area contributed by atoms with E-state index in [1.807, 2.05) is 13.0 Å². The standard InChI is InChI=1S/C22H27Cl2N3O4S/c1-14-6-7-15(2)20(10-14)27(32(5,30)31)13-21(28)26(16(3)22(29)25-4)12-17-8-9-18(23)11-19(17)24/h6-11,16H,12-13H2,1-5H3,(H,25,29)/t16-/m1/s1. The quantitative estimate of drug-likeness (QED) is 0.601. The van der Waals surface area contributed by atoms with Gasteiger partial charge in [-0.3, -0.25) is 13.9 Å². The van der Waals surface area contributed by atoms with Crippen LogP contribution in [0.1, 0.15) is 23.6 Å². The van der Waals surface area contributed by atoms with Gasteiger partial charge in [-0.25, -0.2) is 8.42 Å². The van der Waals surface area contributed by atoms with Gasteiger partial charge in [-0.05, 0) is 55.7 Å². The van der Waals surface area contributed by atoms with Crippen molar-refractivity contribution in [1.29, 1.82) is 0 Å². The largest absolute Gasteiger partial charge is 0.357 e. The fourth-order valence-electron chi connectivity index (χ4n) is 3.21. The molecule has 0 fully saturated rings. The summed E-state index contributed by atoms with van der Waals surface area (Å²) in [6, 6.07) is 9.36. The summed E-state index contributed by atoms with van der Waals surface area (Å²) in [6.45, 7) is 4.73. The first-order valence-corrected chi connectivity index (χ1v) is 12.5. The van der Waals surface area contributed by atoms with Crippen molar-refractivity contribution >= 4 is 50.7 Å². The van der Waals surface area contributed by atoms with Crippen molar-refractivity contribution in [2.45, 2.75) is 33.4 Å². The van der Waals surface area contributed by atoms with E-state index in [-0.39, 0.29) is 12.5 Å². The summed E-state index contributed by atoms with van der Waals surface area (Å²) in [5, 5.41) is 3.30. The first-order chi connectivity index (χ1) is 14.8. The van der Waals surface area contributed by atoms with E-state index < -0.39 is 28.5 Å². The fraction of sp³-hybridized carbons (Fsp3) is 0.364. The van der Waals surface area contributed by atoms with Crippen molar-refractivity contribution in [1.82, 2.24) is 10.2 Å². The molecular formula is C22H27Cl2N3O4S. The molecule has 0 aliphatic carbocycles. The maximum Gasteiger partial charge on any atom is 0.244 e. The molecule has 10 heteroatoms. The van der Waals surface area contributed by atoms with E-state index >= 15 is 0 Å². The van der Waals surface area contributed by atoms with Gasteiger partial charge in [0.15, 0.2) is 0 Å². The van der Waals surface area contributed by atoms with E-state index in [1.165, 1.54) is 11.9 Å². The molecule has 0 aliphatic rings. The van der Waals surface area contributed by atoms with E-state index in [2.05, 4.69) is 5.32 Å². The predicted octanol–water partition coefficient (Wildman–Crippen LogP) is 3.54. The minimum atomic E-state index is -3.78. The maximum absolute atomic E-state index is 13.4. The van der Waals surface area contributed by atoms with Gasteiger partial charge in [-0.2, -0.15) is 0 Å². The number of carbonyl (C=O) groups excluding carboxylic acids is 2. The van der Waals surface area contributed by atoms with Crippen LogP contribution >= 0.6 is 23.2 Å². The average molecular weight is 500 g/mol. The number of halogens is 2. The molecule has 1 atom stereocenters. The lowest BCUT2D eigenvalue weighted by Gasteiger charge is -2.32. The lowest BCUT2D eigenvalue weighted by atomic mass is 10.1. The van der Waals surface area contributed by atoms with Crippen LogP contribution in [0.25, 0.3) is 0 Å². The predicted molar refractivity (Wildman–Crippen MR) is 129 cm³/mol. The van der Waals surface area contributed by atoms with Gasteiger partial charge in [0, 0.05) is 23.6 Å². The highest BCUT2D eigenvalue weighted by Gasteiger charge is 2.30. The summed E-state index contributed by atoms with van der Waals surface area (Å²) < 4.78 is 26.3. The van der Waals surface area contributed by atoms with Gasteiger partial charge in [0.25, 0.3) is 0 Å². The highest BCUT2D eigenvalue weighted by Crippen LogP contribution is 2.26. The van der Waals surface area contributed by atoms with Gasteiger partial charge < -0.3 is 10.2 Å². The van der Waals surface area contributed by atoms with E-state index in [4.69, 9.17) is 23.2 Å². The highest BCUT2D eigenvalue weighted by molar-refractivity contribution is 7.92. The number of sulfonamides is 1. The second kappa shape index (κ2) is 10.6. The minimum Gasteiger partial charge on any atom is -0.357 e. The smallest absolute Gasteiger partial charge is 0.244 e. The van der Waals surface area contributed by atoms with Crippen molar-refractivity contribution in [3.05, 3.63) is 63.1 Å². The van der Waals surface area contributed by atoms with Crippen molar-refractivity contribution in [3.63, 3.8) is 0 Å². The molecule has 2 aromatic rings. The lowest BCUT2D eigenvalue weighted by Crippen LogP contribution is -2.50. The minimum absolute atomic E-state index is 0.00776. The Hall–Kier alpha value is -2.29. The van der Waals surface area contributed by atoms with Gasteiger partial charge in [0.2, 0.25) is 21.8 Å². The SMILES string of the molecule is CNC(=O)[C@@H](C)N(Cc1ccc(Cl)cc1Cl)C(=O)CN(c1cc(C)ccc1C)S(C)(=O)=O. The van der Waals surface area contributed by atoms with Gasteiger partial charge in [0.05, 0.1) is 11.9 Å². The van der Waals surface area contributed by atoms with Crippen LogP contribution < -0.4 is 9.62 Å². The Balaban J connectivity index is 2.46. The fourth-order valence-corrected chi connectivity index (χ4v) is 4.58. The molecule has 0 spiro atoms. The van der Waals surface area contributed by atoms with Gasteiger partial charge in [-0.1, -0.05) is 41.4 Å². The number of benzene rings is 2. The zero-order chi connectivity index (χ0) is 24.2. The number of likely N-dealkylation sites (N-methyl/N-ethyl adjacent to an activating group) is 1. The Morgan fingerprint density at radius 2 is 1.75 bits per heavy atom. The number of nitrogens with one attached hydrogen (secondary N) is 1. The van der Waals surface area contributed by atoms with Gasteiger partial charge >= 0.3 is 0 Å². The van der Waals surface area contributed by atoms with E-state index in [0.29, 0.717) is 26.9 Å². The summed E-state index contributed by atoms with van der Waals surface area (Å²) in [5.74, 6) is -0.931. The molecule has 0 aliphatic heterocycles. The van der Waals surface area contributed by atoms with Gasteiger partial charge in [0.1, 0.15) is 12.6 Å². The Kier molecular flexibility index (Phi) is 8.56. The van der Waals surface area contributed by atoms with Crippen LogP contribution in [0.5, 0.6) is 0 Å². The molecule has 0 radical (unpaired) electrons. The van der Waals surface area contributed by atoms with Crippen LogP contribution in [0.4, 0.5) is 5.69 Å². The molecule has 7 nitrogen and oxygen atoms in total. The average Bonchev–Trinajstić information content (AvgIpc) is 2.71. The first-order valence-electron chi connectivity index (χ1n) is 9.85. The number of anilines is 1. The van der Waals surface area contributed by atoms with Crippen LogP contribution in [0.3, 0.4) is 0 Å². The number of hydrogen-bond acceptors (Lipinski definition) is 4. The van der Waals surface area contributed by atoms with Crippen LogP contribution in [0.2, 0.25) is 10.0 Å². The maximum atomic E-state index is 13.4. The van der Waals surface area contributed by atoms with Crippen LogP contribution in [0, 0.1) is 13.8 Å². The topological polar surface area (TPSA) is 86.8 Å². The van der Waals surface area contributed by atoms with Gasteiger partial charge in [-0.15, -0.1) is 0 Å². The molecule has 0 bridgehead atoms. The summed E-state index contributed by atoms with van der Waals surface area (Å²) in [4.78, 5) is 27.0. The summed E-state index contributed by atoms with van der Waals surface area (Å²) in [5.41, 5.74) is 2.56. The first kappa shape index (κ1) is 26.0. The normalized spacial score (nSPS) is 12.2. The number of carbonyl (C=O) groups is 2. The van der Waals surface area contributed by atoms with Crippen molar-refractivity contribution in [3.8, 4) is 0 Å². The molecule has 174 valence electrons. The number of rotatable bonds is 8. The second-order valence-electron chi connectivity index (χ2n) is 7.61. The molecule has 0 aromatic heterocycles. The Labute approximate surface area is 199 Å². The molecule has 1 N–H and O–H groups in total.